The minimum absolute atomic E-state index is 0.0592. The van der Waals surface area contributed by atoms with Crippen LogP contribution in [0, 0.1) is 5.92 Å². The minimum Gasteiger partial charge on any atom is -0.380 e. The predicted molar refractivity (Wildman–Crippen MR) is 66.4 cm³/mol. The monoisotopic (exact) mass is 230 g/mol. The molecule has 1 amide bonds. The van der Waals surface area contributed by atoms with Crippen molar-refractivity contribution in [3.05, 3.63) is 0 Å². The SMILES string of the molecule is COC(C)CNC(C)C(=O)NCCC(C)C. The lowest BCUT2D eigenvalue weighted by molar-refractivity contribution is -0.122. The number of amides is 1. The molecule has 0 saturated carbocycles. The predicted octanol–water partition coefficient (Wildman–Crippen LogP) is 1.16. The van der Waals surface area contributed by atoms with Crippen LogP contribution in [0.5, 0.6) is 0 Å². The number of carbonyl (C=O) groups is 1. The van der Waals surface area contributed by atoms with E-state index >= 15 is 0 Å². The second-order valence-electron chi connectivity index (χ2n) is 4.65. The largest absolute Gasteiger partial charge is 0.380 e. The molecule has 0 radical (unpaired) electrons. The van der Waals surface area contributed by atoms with Crippen molar-refractivity contribution in [2.45, 2.75) is 46.3 Å². The molecule has 0 aliphatic rings. The van der Waals surface area contributed by atoms with Gasteiger partial charge in [-0.15, -0.1) is 0 Å². The van der Waals surface area contributed by atoms with Gasteiger partial charge in [-0.1, -0.05) is 13.8 Å². The molecule has 2 N–H and O–H groups in total. The Bertz CT molecular complexity index is 195. The summed E-state index contributed by atoms with van der Waals surface area (Å²) in [4.78, 5) is 11.6. The van der Waals surface area contributed by atoms with Gasteiger partial charge in [0, 0.05) is 20.2 Å². The molecule has 4 heteroatoms. The van der Waals surface area contributed by atoms with Gasteiger partial charge in [0.1, 0.15) is 0 Å². The highest BCUT2D eigenvalue weighted by Crippen LogP contribution is 1.96. The Morgan fingerprint density at radius 2 is 1.88 bits per heavy atom. The maximum absolute atomic E-state index is 11.6. The molecule has 0 aliphatic carbocycles. The highest BCUT2D eigenvalue weighted by Gasteiger charge is 2.12. The van der Waals surface area contributed by atoms with Crippen molar-refractivity contribution in [1.29, 1.82) is 0 Å². The first-order chi connectivity index (χ1) is 7.47. The lowest BCUT2D eigenvalue weighted by Crippen LogP contribution is -2.44. The second-order valence-corrected chi connectivity index (χ2v) is 4.65. The zero-order valence-electron chi connectivity index (χ0n) is 11.2. The molecule has 2 unspecified atom stereocenters. The quantitative estimate of drug-likeness (QED) is 0.658. The summed E-state index contributed by atoms with van der Waals surface area (Å²) in [7, 11) is 1.67. The first-order valence-corrected chi connectivity index (χ1v) is 6.01. The standard InChI is InChI=1S/C12H26N2O2/c1-9(2)6-7-13-12(15)11(4)14-8-10(3)16-5/h9-11,14H,6-8H2,1-5H3,(H,13,15). The third-order valence-electron chi connectivity index (χ3n) is 2.53. The van der Waals surface area contributed by atoms with Gasteiger partial charge in [-0.3, -0.25) is 4.79 Å². The molecule has 16 heavy (non-hydrogen) atoms. The molecule has 0 aliphatic heterocycles. The molecular weight excluding hydrogens is 204 g/mol. The van der Waals surface area contributed by atoms with E-state index in [0.29, 0.717) is 12.5 Å². The van der Waals surface area contributed by atoms with Gasteiger partial charge in [-0.2, -0.15) is 0 Å². The van der Waals surface area contributed by atoms with Crippen LogP contribution in [0.15, 0.2) is 0 Å². The van der Waals surface area contributed by atoms with E-state index in [1.54, 1.807) is 7.11 Å². The molecule has 2 atom stereocenters. The summed E-state index contributed by atoms with van der Waals surface area (Å²) in [5.41, 5.74) is 0. The molecule has 4 nitrogen and oxygen atoms in total. The maximum Gasteiger partial charge on any atom is 0.236 e. The number of carbonyl (C=O) groups excluding carboxylic acids is 1. The number of methoxy groups -OCH3 is 1. The molecule has 0 aromatic rings. The van der Waals surface area contributed by atoms with E-state index in [0.717, 1.165) is 13.0 Å². The van der Waals surface area contributed by atoms with Gasteiger partial charge in [0.2, 0.25) is 5.91 Å². The third-order valence-corrected chi connectivity index (χ3v) is 2.53. The molecule has 0 saturated heterocycles. The van der Waals surface area contributed by atoms with Crippen LogP contribution in [-0.2, 0) is 9.53 Å². The first kappa shape index (κ1) is 15.4. The number of ether oxygens (including phenoxy) is 1. The zero-order valence-corrected chi connectivity index (χ0v) is 11.2. The van der Waals surface area contributed by atoms with Gasteiger partial charge in [-0.05, 0) is 26.2 Å². The van der Waals surface area contributed by atoms with Gasteiger partial charge < -0.3 is 15.4 Å². The average Bonchev–Trinajstić information content (AvgIpc) is 2.24. The van der Waals surface area contributed by atoms with Crippen LogP contribution in [0.1, 0.15) is 34.1 Å². The summed E-state index contributed by atoms with van der Waals surface area (Å²) < 4.78 is 5.10. The van der Waals surface area contributed by atoms with Crippen molar-refractivity contribution in [1.82, 2.24) is 10.6 Å². The molecule has 0 fully saturated rings. The molecule has 0 aromatic heterocycles. The minimum atomic E-state index is -0.162. The third kappa shape index (κ3) is 7.65. The Morgan fingerprint density at radius 3 is 2.38 bits per heavy atom. The molecule has 0 rings (SSSR count). The van der Waals surface area contributed by atoms with Gasteiger partial charge in [0.05, 0.1) is 12.1 Å². The fraction of sp³-hybridized carbons (Fsp3) is 0.917. The van der Waals surface area contributed by atoms with Crippen LogP contribution in [0.2, 0.25) is 0 Å². The van der Waals surface area contributed by atoms with Crippen LogP contribution < -0.4 is 10.6 Å². The van der Waals surface area contributed by atoms with Crippen LogP contribution in [0.3, 0.4) is 0 Å². The van der Waals surface area contributed by atoms with Crippen LogP contribution >= 0.6 is 0 Å². The number of hydrogen-bond acceptors (Lipinski definition) is 3. The van der Waals surface area contributed by atoms with Crippen LogP contribution in [-0.4, -0.2) is 38.3 Å². The van der Waals surface area contributed by atoms with Gasteiger partial charge in [0.15, 0.2) is 0 Å². The van der Waals surface area contributed by atoms with Gasteiger partial charge >= 0.3 is 0 Å². The molecular formula is C12H26N2O2. The van der Waals surface area contributed by atoms with Gasteiger partial charge in [-0.25, -0.2) is 0 Å². The number of nitrogens with one attached hydrogen (secondary N) is 2. The van der Waals surface area contributed by atoms with Gasteiger partial charge in [0.25, 0.3) is 0 Å². The maximum atomic E-state index is 11.6. The Balaban J connectivity index is 3.65. The summed E-state index contributed by atoms with van der Waals surface area (Å²) in [6.07, 6.45) is 1.15. The van der Waals surface area contributed by atoms with E-state index in [4.69, 9.17) is 4.74 Å². The molecule has 0 spiro atoms. The fourth-order valence-corrected chi connectivity index (χ4v) is 1.16. The van der Waals surface area contributed by atoms with Crippen molar-refractivity contribution >= 4 is 5.91 Å². The van der Waals surface area contributed by atoms with E-state index in [2.05, 4.69) is 24.5 Å². The second kappa shape index (κ2) is 8.53. The lowest BCUT2D eigenvalue weighted by atomic mass is 10.1. The smallest absolute Gasteiger partial charge is 0.236 e. The summed E-state index contributed by atoms with van der Waals surface area (Å²) in [5.74, 6) is 0.682. The van der Waals surface area contributed by atoms with Crippen molar-refractivity contribution in [3.8, 4) is 0 Å². The number of rotatable bonds is 8. The fourth-order valence-electron chi connectivity index (χ4n) is 1.16. The summed E-state index contributed by atoms with van der Waals surface area (Å²) in [6, 6.07) is -0.162. The van der Waals surface area contributed by atoms with Crippen molar-refractivity contribution < 1.29 is 9.53 Å². The van der Waals surface area contributed by atoms with E-state index in [1.165, 1.54) is 0 Å². The molecule has 0 aromatic carbocycles. The molecule has 96 valence electrons. The Hall–Kier alpha value is -0.610. The summed E-state index contributed by atoms with van der Waals surface area (Å²) in [6.45, 7) is 9.57. The zero-order chi connectivity index (χ0) is 12.6. The Labute approximate surface area is 99.1 Å². The van der Waals surface area contributed by atoms with Crippen molar-refractivity contribution in [2.75, 3.05) is 20.2 Å². The lowest BCUT2D eigenvalue weighted by Gasteiger charge is -2.17. The van der Waals surface area contributed by atoms with Crippen molar-refractivity contribution in [3.63, 3.8) is 0 Å². The average molecular weight is 230 g/mol. The van der Waals surface area contributed by atoms with Crippen molar-refractivity contribution in [2.24, 2.45) is 5.92 Å². The highest BCUT2D eigenvalue weighted by atomic mass is 16.5. The number of hydrogen-bond donors (Lipinski definition) is 2. The van der Waals surface area contributed by atoms with Crippen LogP contribution in [0.25, 0.3) is 0 Å². The summed E-state index contributed by atoms with van der Waals surface area (Å²) >= 11 is 0. The van der Waals surface area contributed by atoms with E-state index < -0.39 is 0 Å². The Morgan fingerprint density at radius 1 is 1.25 bits per heavy atom. The highest BCUT2D eigenvalue weighted by molar-refractivity contribution is 5.81. The van der Waals surface area contributed by atoms with Crippen LogP contribution in [0.4, 0.5) is 0 Å². The van der Waals surface area contributed by atoms with E-state index in [-0.39, 0.29) is 18.1 Å². The molecule has 0 bridgehead atoms. The normalized spacial score (nSPS) is 14.9. The van der Waals surface area contributed by atoms with E-state index in [9.17, 15) is 4.79 Å². The summed E-state index contributed by atoms with van der Waals surface area (Å²) in [5, 5.41) is 6.05. The Kier molecular flexibility index (Phi) is 8.21. The molecule has 0 heterocycles. The topological polar surface area (TPSA) is 50.4 Å². The first-order valence-electron chi connectivity index (χ1n) is 6.01. The van der Waals surface area contributed by atoms with E-state index in [1.807, 2.05) is 13.8 Å².